The number of rotatable bonds is 6. The lowest BCUT2D eigenvalue weighted by Crippen LogP contribution is -2.38. The normalized spacial score (nSPS) is 16.1. The maximum atomic E-state index is 14.4. The first kappa shape index (κ1) is 24.6. The lowest BCUT2D eigenvalue weighted by atomic mass is 10.1. The van der Waals surface area contributed by atoms with Crippen molar-refractivity contribution < 1.29 is 28.2 Å². The number of methoxy groups -OCH3 is 1. The molecule has 0 aliphatic carbocycles. The van der Waals surface area contributed by atoms with Crippen LogP contribution in [-0.4, -0.2) is 56.7 Å². The van der Waals surface area contributed by atoms with Crippen molar-refractivity contribution in [2.45, 2.75) is 6.42 Å². The molecule has 2 aromatic rings. The molecule has 1 aliphatic heterocycles. The molecule has 1 saturated heterocycles. The number of hydrogen-bond donors (Lipinski definition) is 1. The Morgan fingerprint density at radius 2 is 1.90 bits per heavy atom. The predicted molar refractivity (Wildman–Crippen MR) is 115 cm³/mol. The minimum atomic E-state index is -0.662. The van der Waals surface area contributed by atoms with E-state index in [2.05, 4.69) is 0 Å². The fourth-order valence-corrected chi connectivity index (χ4v) is 3.23. The summed E-state index contributed by atoms with van der Waals surface area (Å²) in [4.78, 5) is 26.2. The lowest BCUT2D eigenvalue weighted by Gasteiger charge is -2.23. The van der Waals surface area contributed by atoms with Gasteiger partial charge in [-0.05, 0) is 48.9 Å². The van der Waals surface area contributed by atoms with E-state index >= 15 is 0 Å². The molecule has 0 bridgehead atoms. The van der Waals surface area contributed by atoms with Gasteiger partial charge < -0.3 is 24.8 Å². The maximum Gasteiger partial charge on any atom is 0.312 e. The van der Waals surface area contributed by atoms with Crippen LogP contribution in [0.1, 0.15) is 15.9 Å². The molecule has 1 amide bonds. The standard InChI is InChI=1S/C22H25FN2O5.ClH/c1-28-22(27)16-13-25(10-11-29-14-16)21(26)19-12-18(6-7-20(19)23)30-17-4-2-15(3-5-17)8-9-24;/h2-7,12,16H,8-11,13-14,24H2,1H3;1H. The number of amides is 1. The van der Waals surface area contributed by atoms with Crippen molar-refractivity contribution in [2.24, 2.45) is 11.7 Å². The highest BCUT2D eigenvalue weighted by molar-refractivity contribution is 5.95. The second-order valence-corrected chi connectivity index (χ2v) is 6.97. The van der Waals surface area contributed by atoms with Gasteiger partial charge in [-0.2, -0.15) is 0 Å². The quantitative estimate of drug-likeness (QED) is 0.678. The Morgan fingerprint density at radius 1 is 1.19 bits per heavy atom. The fraction of sp³-hybridized carbons (Fsp3) is 0.364. The van der Waals surface area contributed by atoms with Crippen LogP contribution in [0.4, 0.5) is 4.39 Å². The zero-order valence-electron chi connectivity index (χ0n) is 17.2. The van der Waals surface area contributed by atoms with Gasteiger partial charge in [0.25, 0.3) is 5.91 Å². The van der Waals surface area contributed by atoms with Gasteiger partial charge in [-0.25, -0.2) is 4.39 Å². The van der Waals surface area contributed by atoms with E-state index < -0.39 is 23.6 Å². The van der Waals surface area contributed by atoms with Crippen LogP contribution in [0.15, 0.2) is 42.5 Å². The van der Waals surface area contributed by atoms with E-state index in [0.717, 1.165) is 12.0 Å². The summed E-state index contributed by atoms with van der Waals surface area (Å²) in [6.07, 6.45) is 0.765. The smallest absolute Gasteiger partial charge is 0.312 e. The van der Waals surface area contributed by atoms with Gasteiger partial charge in [0.1, 0.15) is 17.3 Å². The first-order valence-corrected chi connectivity index (χ1v) is 9.73. The van der Waals surface area contributed by atoms with E-state index in [1.54, 1.807) is 12.1 Å². The summed E-state index contributed by atoms with van der Waals surface area (Å²) >= 11 is 0. The van der Waals surface area contributed by atoms with Crippen molar-refractivity contribution in [3.63, 3.8) is 0 Å². The number of nitrogens with zero attached hydrogens (tertiary/aromatic N) is 1. The Hall–Kier alpha value is -2.68. The van der Waals surface area contributed by atoms with Gasteiger partial charge >= 0.3 is 5.97 Å². The average molecular weight is 453 g/mol. The van der Waals surface area contributed by atoms with E-state index in [1.807, 2.05) is 12.1 Å². The molecule has 2 N–H and O–H groups in total. The number of carbonyl (C=O) groups excluding carboxylic acids is 2. The third-order valence-electron chi connectivity index (χ3n) is 4.85. The van der Waals surface area contributed by atoms with Crippen LogP contribution in [0, 0.1) is 11.7 Å². The van der Waals surface area contributed by atoms with E-state index in [0.29, 0.717) is 18.0 Å². The molecule has 2 aromatic carbocycles. The Morgan fingerprint density at radius 3 is 2.58 bits per heavy atom. The average Bonchev–Trinajstić information content (AvgIpc) is 3.02. The fourth-order valence-electron chi connectivity index (χ4n) is 3.23. The van der Waals surface area contributed by atoms with Gasteiger partial charge in [-0.15, -0.1) is 12.4 Å². The molecule has 1 heterocycles. The monoisotopic (exact) mass is 452 g/mol. The molecular weight excluding hydrogens is 427 g/mol. The largest absolute Gasteiger partial charge is 0.469 e. The third kappa shape index (κ3) is 6.40. The van der Waals surface area contributed by atoms with Crippen LogP contribution < -0.4 is 10.5 Å². The van der Waals surface area contributed by atoms with Crippen LogP contribution in [0.2, 0.25) is 0 Å². The first-order chi connectivity index (χ1) is 14.5. The Balaban J connectivity index is 0.00000341. The molecular formula is C22H26ClFN2O5. The predicted octanol–water partition coefficient (Wildman–Crippen LogP) is 2.80. The number of nitrogens with two attached hydrogens (primary N) is 1. The van der Waals surface area contributed by atoms with Gasteiger partial charge in [-0.3, -0.25) is 9.59 Å². The highest BCUT2D eigenvalue weighted by Crippen LogP contribution is 2.25. The molecule has 7 nitrogen and oxygen atoms in total. The molecule has 1 aliphatic rings. The van der Waals surface area contributed by atoms with Crippen molar-refractivity contribution in [3.05, 3.63) is 59.4 Å². The van der Waals surface area contributed by atoms with Crippen molar-refractivity contribution >= 4 is 24.3 Å². The number of esters is 1. The third-order valence-corrected chi connectivity index (χ3v) is 4.85. The maximum absolute atomic E-state index is 14.4. The molecule has 0 aromatic heterocycles. The van der Waals surface area contributed by atoms with Crippen LogP contribution >= 0.6 is 12.4 Å². The number of hydrogen-bond acceptors (Lipinski definition) is 6. The van der Waals surface area contributed by atoms with Gasteiger partial charge in [0.05, 0.1) is 31.8 Å². The zero-order valence-corrected chi connectivity index (χ0v) is 18.0. The minimum Gasteiger partial charge on any atom is -0.469 e. The number of ether oxygens (including phenoxy) is 3. The Bertz CT molecular complexity index is 894. The molecule has 9 heteroatoms. The highest BCUT2D eigenvalue weighted by Gasteiger charge is 2.29. The van der Waals surface area contributed by atoms with E-state index in [9.17, 15) is 14.0 Å². The van der Waals surface area contributed by atoms with Crippen molar-refractivity contribution in [1.29, 1.82) is 0 Å². The lowest BCUT2D eigenvalue weighted by molar-refractivity contribution is -0.147. The van der Waals surface area contributed by atoms with Crippen LogP contribution in [-0.2, 0) is 20.7 Å². The molecule has 1 fully saturated rings. The van der Waals surface area contributed by atoms with Gasteiger partial charge in [0.2, 0.25) is 0 Å². The molecule has 31 heavy (non-hydrogen) atoms. The highest BCUT2D eigenvalue weighted by atomic mass is 35.5. The second kappa shape index (κ2) is 11.6. The molecule has 168 valence electrons. The Labute approximate surface area is 186 Å². The van der Waals surface area contributed by atoms with Crippen molar-refractivity contribution in [2.75, 3.05) is 40.0 Å². The van der Waals surface area contributed by atoms with Crippen LogP contribution in [0.3, 0.4) is 0 Å². The minimum absolute atomic E-state index is 0. The number of halogens is 2. The van der Waals surface area contributed by atoms with Crippen LogP contribution in [0.5, 0.6) is 11.5 Å². The summed E-state index contributed by atoms with van der Waals surface area (Å²) in [5.41, 5.74) is 6.51. The molecule has 1 atom stereocenters. The topological polar surface area (TPSA) is 91.1 Å². The van der Waals surface area contributed by atoms with E-state index in [1.165, 1.54) is 30.2 Å². The van der Waals surface area contributed by atoms with E-state index in [4.69, 9.17) is 19.9 Å². The SMILES string of the molecule is COC(=O)C1COCCN(C(=O)c2cc(Oc3ccc(CCN)cc3)ccc2F)C1.Cl. The van der Waals surface area contributed by atoms with E-state index in [-0.39, 0.29) is 44.3 Å². The first-order valence-electron chi connectivity index (χ1n) is 9.73. The number of carbonyl (C=O) groups is 2. The van der Waals surface area contributed by atoms with Gasteiger partial charge in [0, 0.05) is 13.1 Å². The summed E-state index contributed by atoms with van der Waals surface area (Å²) in [6.45, 7) is 1.31. The molecule has 0 radical (unpaired) electrons. The molecule has 0 saturated carbocycles. The summed E-state index contributed by atoms with van der Waals surface area (Å²) in [5, 5.41) is 0. The molecule has 0 spiro atoms. The van der Waals surface area contributed by atoms with Crippen molar-refractivity contribution in [3.8, 4) is 11.5 Å². The second-order valence-electron chi connectivity index (χ2n) is 6.97. The Kier molecular flexibility index (Phi) is 9.23. The summed E-state index contributed by atoms with van der Waals surface area (Å²) in [5.74, 6) is -1.38. The summed E-state index contributed by atoms with van der Waals surface area (Å²) < 4.78 is 30.4. The number of benzene rings is 2. The molecule has 3 rings (SSSR count). The zero-order chi connectivity index (χ0) is 21.5. The van der Waals surface area contributed by atoms with Gasteiger partial charge in [-0.1, -0.05) is 12.1 Å². The van der Waals surface area contributed by atoms with Gasteiger partial charge in [0.15, 0.2) is 0 Å². The molecule has 1 unspecified atom stereocenters. The summed E-state index contributed by atoms with van der Waals surface area (Å²) in [6, 6.07) is 11.4. The van der Waals surface area contributed by atoms with Crippen molar-refractivity contribution in [1.82, 2.24) is 4.90 Å². The van der Waals surface area contributed by atoms with Crippen LogP contribution in [0.25, 0.3) is 0 Å². The summed E-state index contributed by atoms with van der Waals surface area (Å²) in [7, 11) is 1.28.